The van der Waals surface area contributed by atoms with Crippen molar-refractivity contribution in [2.75, 3.05) is 13.6 Å². The molecule has 2 nitrogen and oxygen atoms in total. The summed E-state index contributed by atoms with van der Waals surface area (Å²) in [5.74, 6) is 0. The molecule has 0 aliphatic carbocycles. The first-order valence-corrected chi connectivity index (χ1v) is 6.90. The van der Waals surface area contributed by atoms with E-state index < -0.39 is 12.6 Å². The summed E-state index contributed by atoms with van der Waals surface area (Å²) in [6.07, 6.45) is -4.34. The third-order valence-corrected chi connectivity index (χ3v) is 3.53. The van der Waals surface area contributed by atoms with Gasteiger partial charge in [0, 0.05) is 23.7 Å². The van der Waals surface area contributed by atoms with Crippen molar-refractivity contribution in [3.8, 4) is 0 Å². The van der Waals surface area contributed by atoms with Crippen molar-refractivity contribution in [2.24, 2.45) is 5.73 Å². The van der Waals surface area contributed by atoms with Gasteiger partial charge in [0.05, 0.1) is 6.42 Å². The molecule has 0 aliphatic rings. The van der Waals surface area contributed by atoms with Crippen molar-refractivity contribution >= 4 is 11.6 Å². The highest BCUT2D eigenvalue weighted by Crippen LogP contribution is 2.28. The van der Waals surface area contributed by atoms with Gasteiger partial charge in [-0.2, -0.15) is 13.2 Å². The number of hydrogen-bond donors (Lipinski definition) is 1. The Hall–Kier alpha value is -0.780. The van der Waals surface area contributed by atoms with E-state index in [0.717, 1.165) is 5.56 Å². The van der Waals surface area contributed by atoms with Gasteiger partial charge in [-0.05, 0) is 31.2 Å². The molecule has 0 bridgehead atoms. The zero-order valence-corrected chi connectivity index (χ0v) is 12.4. The fraction of sp³-hybridized carbons (Fsp3) is 0.571. The van der Waals surface area contributed by atoms with E-state index in [1.54, 1.807) is 30.1 Å². The lowest BCUT2D eigenvalue weighted by Gasteiger charge is -2.33. The first-order valence-electron chi connectivity index (χ1n) is 6.52. The lowest BCUT2D eigenvalue weighted by atomic mass is 9.96. The maximum atomic E-state index is 12.3. The molecule has 2 unspecified atom stereocenters. The van der Waals surface area contributed by atoms with E-state index in [0.29, 0.717) is 11.4 Å². The Morgan fingerprint density at radius 2 is 2.00 bits per heavy atom. The molecule has 0 fully saturated rings. The maximum absolute atomic E-state index is 12.3. The van der Waals surface area contributed by atoms with Crippen LogP contribution in [0.25, 0.3) is 0 Å². The second kappa shape index (κ2) is 7.29. The first kappa shape index (κ1) is 17.3. The Bertz CT molecular complexity index is 423. The molecule has 20 heavy (non-hydrogen) atoms. The quantitative estimate of drug-likeness (QED) is 0.860. The molecule has 1 aromatic rings. The normalized spacial score (nSPS) is 15.4. The summed E-state index contributed by atoms with van der Waals surface area (Å²) in [5.41, 5.74) is 6.92. The molecule has 0 amide bonds. The van der Waals surface area contributed by atoms with Crippen LogP contribution in [0.2, 0.25) is 5.02 Å². The largest absolute Gasteiger partial charge is 0.390 e. The van der Waals surface area contributed by atoms with Crippen molar-refractivity contribution in [1.29, 1.82) is 0 Å². The number of benzene rings is 1. The minimum absolute atomic E-state index is 0.0889. The minimum atomic E-state index is -4.16. The summed E-state index contributed by atoms with van der Waals surface area (Å²) in [6.45, 7) is 1.83. The summed E-state index contributed by atoms with van der Waals surface area (Å²) in [4.78, 5) is 1.65. The fourth-order valence-electron chi connectivity index (χ4n) is 2.18. The van der Waals surface area contributed by atoms with Gasteiger partial charge in [0.2, 0.25) is 0 Å². The summed E-state index contributed by atoms with van der Waals surface area (Å²) in [7, 11) is 1.66. The van der Waals surface area contributed by atoms with Crippen molar-refractivity contribution in [3.63, 3.8) is 0 Å². The van der Waals surface area contributed by atoms with E-state index in [1.807, 2.05) is 13.0 Å². The summed E-state index contributed by atoms with van der Waals surface area (Å²) < 4.78 is 37.0. The Balaban J connectivity index is 2.89. The Kier molecular flexibility index (Phi) is 6.30. The van der Waals surface area contributed by atoms with Crippen LogP contribution in [-0.2, 0) is 0 Å². The van der Waals surface area contributed by atoms with Crippen molar-refractivity contribution in [2.45, 2.75) is 38.0 Å². The smallest absolute Gasteiger partial charge is 0.326 e. The van der Waals surface area contributed by atoms with Crippen LogP contribution in [0, 0.1) is 0 Å². The SMILES string of the molecule is CCC(N)C(c1cccc(Cl)c1)N(C)CCC(F)(F)F. The van der Waals surface area contributed by atoms with Gasteiger partial charge in [0.15, 0.2) is 0 Å². The molecule has 0 spiro atoms. The van der Waals surface area contributed by atoms with Crippen LogP contribution in [0.15, 0.2) is 24.3 Å². The number of rotatable bonds is 6. The highest BCUT2D eigenvalue weighted by molar-refractivity contribution is 6.30. The number of likely N-dealkylation sites (N-methyl/N-ethyl adjacent to an activating group) is 1. The molecular formula is C14H20ClF3N2. The van der Waals surface area contributed by atoms with Gasteiger partial charge in [-0.25, -0.2) is 0 Å². The topological polar surface area (TPSA) is 29.3 Å². The minimum Gasteiger partial charge on any atom is -0.326 e. The second-order valence-electron chi connectivity index (χ2n) is 4.92. The van der Waals surface area contributed by atoms with E-state index in [2.05, 4.69) is 0 Å². The van der Waals surface area contributed by atoms with Crippen LogP contribution in [0.1, 0.15) is 31.4 Å². The van der Waals surface area contributed by atoms with Gasteiger partial charge >= 0.3 is 6.18 Å². The average Bonchev–Trinajstić information content (AvgIpc) is 2.35. The van der Waals surface area contributed by atoms with E-state index >= 15 is 0 Å². The van der Waals surface area contributed by atoms with Gasteiger partial charge in [-0.1, -0.05) is 30.7 Å². The zero-order chi connectivity index (χ0) is 15.3. The lowest BCUT2D eigenvalue weighted by Crippen LogP contribution is -2.40. The van der Waals surface area contributed by atoms with Crippen LogP contribution in [0.3, 0.4) is 0 Å². The van der Waals surface area contributed by atoms with Gasteiger partial charge < -0.3 is 5.73 Å². The standard InChI is InChI=1S/C14H20ClF3N2/c1-3-12(19)13(10-5-4-6-11(15)9-10)20(2)8-7-14(16,17)18/h4-6,9,12-13H,3,7-8,19H2,1-2H3. The molecule has 1 rings (SSSR count). The molecule has 1 aromatic carbocycles. The van der Waals surface area contributed by atoms with Crippen molar-refractivity contribution < 1.29 is 13.2 Å². The molecule has 2 N–H and O–H groups in total. The molecule has 0 aliphatic heterocycles. The van der Waals surface area contributed by atoms with Gasteiger partial charge in [0.25, 0.3) is 0 Å². The van der Waals surface area contributed by atoms with Crippen LogP contribution < -0.4 is 5.73 Å². The predicted octanol–water partition coefficient (Wildman–Crippen LogP) is 4.00. The van der Waals surface area contributed by atoms with E-state index in [4.69, 9.17) is 17.3 Å². The maximum Gasteiger partial charge on any atom is 0.390 e. The summed E-state index contributed by atoms with van der Waals surface area (Å²) in [5, 5.41) is 0.556. The monoisotopic (exact) mass is 308 g/mol. The predicted molar refractivity (Wildman–Crippen MR) is 75.8 cm³/mol. The number of nitrogens with zero attached hydrogens (tertiary/aromatic N) is 1. The number of alkyl halides is 3. The number of hydrogen-bond acceptors (Lipinski definition) is 2. The van der Waals surface area contributed by atoms with E-state index in [-0.39, 0.29) is 18.6 Å². The molecule has 6 heteroatoms. The van der Waals surface area contributed by atoms with Crippen LogP contribution in [0.5, 0.6) is 0 Å². The lowest BCUT2D eigenvalue weighted by molar-refractivity contribution is -0.138. The van der Waals surface area contributed by atoms with Gasteiger partial charge in [-0.15, -0.1) is 0 Å². The van der Waals surface area contributed by atoms with Crippen molar-refractivity contribution in [3.05, 3.63) is 34.9 Å². The second-order valence-corrected chi connectivity index (χ2v) is 5.35. The molecule has 0 radical (unpaired) electrons. The molecular weight excluding hydrogens is 289 g/mol. The molecule has 0 aromatic heterocycles. The number of nitrogens with two attached hydrogens (primary N) is 1. The first-order chi connectivity index (χ1) is 9.24. The van der Waals surface area contributed by atoms with Crippen LogP contribution in [0.4, 0.5) is 13.2 Å². The molecule has 0 saturated heterocycles. The fourth-order valence-corrected chi connectivity index (χ4v) is 2.38. The average molecular weight is 309 g/mol. The van der Waals surface area contributed by atoms with Crippen LogP contribution in [-0.4, -0.2) is 30.7 Å². The highest BCUT2D eigenvalue weighted by atomic mass is 35.5. The number of halogens is 4. The summed E-state index contributed by atoms with van der Waals surface area (Å²) >= 11 is 5.95. The Morgan fingerprint density at radius 1 is 1.35 bits per heavy atom. The zero-order valence-electron chi connectivity index (χ0n) is 11.6. The Labute approximate surface area is 122 Å². The Morgan fingerprint density at radius 3 is 2.50 bits per heavy atom. The van der Waals surface area contributed by atoms with E-state index in [1.165, 1.54) is 0 Å². The third kappa shape index (κ3) is 5.31. The van der Waals surface area contributed by atoms with Crippen molar-refractivity contribution in [1.82, 2.24) is 4.90 Å². The molecule has 0 saturated carbocycles. The van der Waals surface area contributed by atoms with Crippen LogP contribution >= 0.6 is 11.6 Å². The molecule has 2 atom stereocenters. The third-order valence-electron chi connectivity index (χ3n) is 3.29. The molecule has 0 heterocycles. The summed E-state index contributed by atoms with van der Waals surface area (Å²) in [6, 6.07) is 6.59. The van der Waals surface area contributed by atoms with Gasteiger partial charge in [0.1, 0.15) is 0 Å². The van der Waals surface area contributed by atoms with Gasteiger partial charge in [-0.3, -0.25) is 4.90 Å². The van der Waals surface area contributed by atoms with E-state index in [9.17, 15) is 13.2 Å². The molecule has 114 valence electrons. The highest BCUT2D eigenvalue weighted by Gasteiger charge is 2.30.